The van der Waals surface area contributed by atoms with E-state index in [-0.39, 0.29) is 29.6 Å². The number of ether oxygens (including phenoxy) is 2. The molecule has 0 aromatic heterocycles. The minimum atomic E-state index is -3.87. The Balaban J connectivity index is 1.50. The van der Waals surface area contributed by atoms with Crippen LogP contribution in [0.2, 0.25) is 5.02 Å². The van der Waals surface area contributed by atoms with Crippen LogP contribution in [-0.4, -0.2) is 25.9 Å². The topological polar surface area (TPSA) is 55.8 Å². The lowest BCUT2D eigenvalue weighted by atomic mass is 10.1. The highest BCUT2D eigenvalue weighted by molar-refractivity contribution is 7.89. The van der Waals surface area contributed by atoms with E-state index in [0.717, 1.165) is 28.8 Å². The quantitative estimate of drug-likeness (QED) is 0.498. The number of fused-ring (bicyclic) bond motifs is 1. The lowest BCUT2D eigenvalue weighted by Crippen LogP contribution is -2.32. The lowest BCUT2D eigenvalue weighted by Gasteiger charge is -2.20. The van der Waals surface area contributed by atoms with E-state index in [4.69, 9.17) is 21.1 Å². The van der Waals surface area contributed by atoms with Crippen molar-refractivity contribution in [3.05, 3.63) is 93.8 Å². The number of aryl methyl sites for hydroxylation is 1. The van der Waals surface area contributed by atoms with Crippen LogP contribution in [-0.2, 0) is 34.5 Å². The molecule has 1 aliphatic heterocycles. The molecule has 168 valence electrons. The van der Waals surface area contributed by atoms with Gasteiger partial charge in [0.05, 0.1) is 23.1 Å². The van der Waals surface area contributed by atoms with Crippen LogP contribution in [0.4, 0.5) is 4.39 Å². The molecule has 0 amide bonds. The number of rotatable bonds is 6. The van der Waals surface area contributed by atoms with Crippen molar-refractivity contribution < 1.29 is 22.3 Å². The maximum Gasteiger partial charge on any atom is 0.243 e. The largest absolute Gasteiger partial charge is 0.492 e. The Bertz CT molecular complexity index is 1230. The van der Waals surface area contributed by atoms with Crippen molar-refractivity contribution in [2.75, 3.05) is 13.2 Å². The van der Waals surface area contributed by atoms with E-state index < -0.39 is 15.8 Å². The second-order valence-electron chi connectivity index (χ2n) is 7.62. The van der Waals surface area contributed by atoms with E-state index in [0.29, 0.717) is 19.0 Å². The third-order valence-electron chi connectivity index (χ3n) is 5.39. The number of nitrogens with zero attached hydrogens (tertiary/aromatic N) is 1. The minimum absolute atomic E-state index is 0.0509. The third-order valence-corrected chi connectivity index (χ3v) is 7.52. The average molecular weight is 476 g/mol. The second kappa shape index (κ2) is 9.58. The summed E-state index contributed by atoms with van der Waals surface area (Å²) < 4.78 is 52.7. The van der Waals surface area contributed by atoms with Crippen LogP contribution in [0.25, 0.3) is 0 Å². The van der Waals surface area contributed by atoms with Crippen molar-refractivity contribution >= 4 is 21.6 Å². The number of hydrogen-bond donors (Lipinski definition) is 0. The van der Waals surface area contributed by atoms with Crippen molar-refractivity contribution in [2.45, 2.75) is 31.6 Å². The lowest BCUT2D eigenvalue weighted by molar-refractivity contribution is 0.106. The molecule has 5 nitrogen and oxygen atoms in total. The van der Waals surface area contributed by atoms with Crippen LogP contribution in [0.3, 0.4) is 0 Å². The van der Waals surface area contributed by atoms with Crippen LogP contribution in [0, 0.1) is 12.7 Å². The molecule has 0 radical (unpaired) electrons. The highest BCUT2D eigenvalue weighted by Crippen LogP contribution is 2.29. The Morgan fingerprint density at radius 3 is 2.69 bits per heavy atom. The first-order chi connectivity index (χ1) is 15.3. The van der Waals surface area contributed by atoms with Crippen LogP contribution in [0.15, 0.2) is 65.6 Å². The van der Waals surface area contributed by atoms with Gasteiger partial charge in [0.1, 0.15) is 18.2 Å². The molecule has 4 rings (SSSR count). The zero-order chi connectivity index (χ0) is 22.7. The fourth-order valence-electron chi connectivity index (χ4n) is 3.56. The van der Waals surface area contributed by atoms with Gasteiger partial charge in [-0.2, -0.15) is 4.31 Å². The van der Waals surface area contributed by atoms with Gasteiger partial charge in [0, 0.05) is 18.7 Å². The monoisotopic (exact) mass is 475 g/mol. The van der Waals surface area contributed by atoms with Gasteiger partial charge in [-0.05, 0) is 53.9 Å². The van der Waals surface area contributed by atoms with Crippen LogP contribution < -0.4 is 4.74 Å². The van der Waals surface area contributed by atoms with Crippen molar-refractivity contribution in [1.82, 2.24) is 4.31 Å². The van der Waals surface area contributed by atoms with Gasteiger partial charge in [0.25, 0.3) is 0 Å². The molecule has 0 N–H and O–H groups in total. The Labute approximate surface area is 192 Å². The molecule has 3 aromatic carbocycles. The molecule has 0 aliphatic carbocycles. The Kier molecular flexibility index (Phi) is 6.81. The fraction of sp³-hybridized carbons (Fsp3) is 0.250. The highest BCUT2D eigenvalue weighted by Gasteiger charge is 2.28. The van der Waals surface area contributed by atoms with E-state index in [1.165, 1.54) is 15.9 Å². The van der Waals surface area contributed by atoms with Gasteiger partial charge in [0.2, 0.25) is 10.0 Å². The zero-order valence-corrected chi connectivity index (χ0v) is 19.1. The van der Waals surface area contributed by atoms with Gasteiger partial charge in [-0.25, -0.2) is 12.8 Å². The maximum absolute atomic E-state index is 13.5. The zero-order valence-electron chi connectivity index (χ0n) is 17.6. The summed E-state index contributed by atoms with van der Waals surface area (Å²) in [6.45, 7) is 3.45. The third kappa shape index (κ3) is 4.96. The summed E-state index contributed by atoms with van der Waals surface area (Å²) in [5.41, 5.74) is 3.96. The molecule has 3 aromatic rings. The van der Waals surface area contributed by atoms with Gasteiger partial charge < -0.3 is 9.47 Å². The van der Waals surface area contributed by atoms with Gasteiger partial charge in [-0.15, -0.1) is 0 Å². The number of benzene rings is 3. The summed E-state index contributed by atoms with van der Waals surface area (Å²) in [6.07, 6.45) is 0. The molecule has 8 heteroatoms. The Morgan fingerprint density at radius 2 is 1.91 bits per heavy atom. The van der Waals surface area contributed by atoms with E-state index >= 15 is 0 Å². The number of halogens is 2. The molecule has 0 atom stereocenters. The Morgan fingerprint density at radius 1 is 1.09 bits per heavy atom. The standard InChI is InChI=1S/C24H23ClFNO4S/c1-17-4-2-3-5-19(17)16-30-15-18-6-9-24-20(12-18)14-27(10-11-31-24)32(28,29)21-7-8-23(26)22(25)13-21/h2-9,12-13H,10-11,14-16H2,1H3. The van der Waals surface area contributed by atoms with E-state index in [1.807, 2.05) is 49.4 Å². The van der Waals surface area contributed by atoms with Crippen molar-refractivity contribution in [1.29, 1.82) is 0 Å². The SMILES string of the molecule is Cc1ccccc1COCc1ccc2c(c1)CN(S(=O)(=O)c1ccc(F)c(Cl)c1)CCO2. The molecule has 1 aliphatic rings. The first kappa shape index (κ1) is 22.7. The fourth-order valence-corrected chi connectivity index (χ4v) is 5.23. The summed E-state index contributed by atoms with van der Waals surface area (Å²) in [5.74, 6) is -0.0204. The maximum atomic E-state index is 13.5. The number of hydrogen-bond acceptors (Lipinski definition) is 4. The van der Waals surface area contributed by atoms with Crippen molar-refractivity contribution in [3.8, 4) is 5.75 Å². The molecule has 0 bridgehead atoms. The molecule has 0 fully saturated rings. The predicted octanol–water partition coefficient (Wildman–Crippen LogP) is 5.09. The average Bonchev–Trinajstić information content (AvgIpc) is 2.99. The molecule has 0 saturated heterocycles. The first-order valence-electron chi connectivity index (χ1n) is 10.2. The molecular weight excluding hydrogens is 453 g/mol. The van der Waals surface area contributed by atoms with Gasteiger partial charge in [-0.1, -0.05) is 41.9 Å². The summed E-state index contributed by atoms with van der Waals surface area (Å²) in [4.78, 5) is -0.0509. The molecule has 1 heterocycles. The molecule has 32 heavy (non-hydrogen) atoms. The predicted molar refractivity (Wildman–Crippen MR) is 121 cm³/mol. The molecule has 0 spiro atoms. The van der Waals surface area contributed by atoms with Crippen LogP contribution in [0.1, 0.15) is 22.3 Å². The van der Waals surface area contributed by atoms with E-state index in [1.54, 1.807) is 0 Å². The summed E-state index contributed by atoms with van der Waals surface area (Å²) >= 11 is 5.80. The van der Waals surface area contributed by atoms with Gasteiger partial charge in [0.15, 0.2) is 0 Å². The summed E-state index contributed by atoms with van der Waals surface area (Å²) in [5, 5.41) is -0.231. The minimum Gasteiger partial charge on any atom is -0.492 e. The molecular formula is C24H23ClFNO4S. The molecule has 0 unspecified atom stereocenters. The summed E-state index contributed by atoms with van der Waals surface area (Å²) in [6, 6.07) is 17.1. The van der Waals surface area contributed by atoms with E-state index in [9.17, 15) is 12.8 Å². The first-order valence-corrected chi connectivity index (χ1v) is 12.0. The van der Waals surface area contributed by atoms with E-state index in [2.05, 4.69) is 0 Å². The molecule has 0 saturated carbocycles. The normalized spacial score (nSPS) is 14.5. The summed E-state index contributed by atoms with van der Waals surface area (Å²) in [7, 11) is -3.87. The second-order valence-corrected chi connectivity index (χ2v) is 9.97. The smallest absolute Gasteiger partial charge is 0.243 e. The van der Waals surface area contributed by atoms with Crippen molar-refractivity contribution in [2.24, 2.45) is 0 Å². The van der Waals surface area contributed by atoms with Crippen LogP contribution >= 0.6 is 11.6 Å². The van der Waals surface area contributed by atoms with Gasteiger partial charge in [-0.3, -0.25) is 0 Å². The Hall–Kier alpha value is -2.45. The number of sulfonamides is 1. The van der Waals surface area contributed by atoms with Crippen LogP contribution in [0.5, 0.6) is 5.75 Å². The van der Waals surface area contributed by atoms with Gasteiger partial charge >= 0.3 is 0 Å². The van der Waals surface area contributed by atoms with Crippen molar-refractivity contribution in [3.63, 3.8) is 0 Å². The highest BCUT2D eigenvalue weighted by atomic mass is 35.5.